The molecule has 2 aromatic carbocycles. The summed E-state index contributed by atoms with van der Waals surface area (Å²) in [5, 5.41) is 1.49. The molecule has 0 aliphatic carbocycles. The molecule has 0 N–H and O–H groups in total. The van der Waals surface area contributed by atoms with Crippen LogP contribution in [0.4, 0.5) is 0 Å². The van der Waals surface area contributed by atoms with Crippen LogP contribution in [0.25, 0.3) is 10.9 Å². The van der Waals surface area contributed by atoms with Crippen molar-refractivity contribution in [3.8, 4) is 0 Å². The Morgan fingerprint density at radius 1 is 0.958 bits per heavy atom. The minimum absolute atomic E-state index is 0.317. The van der Waals surface area contributed by atoms with Crippen LogP contribution >= 0.6 is 11.6 Å². The molecule has 6 heteroatoms. The third-order valence-corrected chi connectivity index (χ3v) is 11.9. The molecule has 1 aromatic heterocycles. The maximum atomic E-state index is 13.3. The summed E-state index contributed by atoms with van der Waals surface area (Å²) in [7, 11) is -3.64. The molecule has 1 heterocycles. The molecule has 126 valence electrons. The quantitative estimate of drug-likeness (QED) is 0.535. The molecule has 0 aliphatic heterocycles. The summed E-state index contributed by atoms with van der Waals surface area (Å²) in [6, 6.07) is 14.4. The van der Waals surface area contributed by atoms with Gasteiger partial charge in [0.1, 0.15) is 0 Å². The Bertz CT molecular complexity index is 1020. The average Bonchev–Trinajstić information content (AvgIpc) is 2.87. The number of hydrogen-bond acceptors (Lipinski definition) is 2. The summed E-state index contributed by atoms with van der Waals surface area (Å²) in [4.78, 5) is 6.96. The normalized spacial score (nSPS) is 12.7. The molecule has 0 bridgehead atoms. The van der Waals surface area contributed by atoms with Gasteiger partial charge in [-0.25, -0.2) is 0 Å². The van der Waals surface area contributed by atoms with E-state index in [1.54, 1.807) is 28.2 Å². The zero-order valence-corrected chi connectivity index (χ0v) is 18.6. The van der Waals surface area contributed by atoms with E-state index in [-0.39, 0.29) is 0 Å². The van der Waals surface area contributed by atoms with Gasteiger partial charge in [0.2, 0.25) is 0 Å². The average molecular weight is 469 g/mol. The number of fused-ring (bicyclic) bond motifs is 1. The van der Waals surface area contributed by atoms with E-state index in [1.807, 2.05) is 31.2 Å². The monoisotopic (exact) mass is 469 g/mol. The molecule has 0 aliphatic rings. The van der Waals surface area contributed by atoms with Crippen molar-refractivity contribution in [1.29, 1.82) is 0 Å². The molecule has 0 saturated carbocycles. The predicted molar refractivity (Wildman–Crippen MR) is 104 cm³/mol. The Hall–Kier alpha value is -0.981. The second-order valence-electron chi connectivity index (χ2n) is 7.07. The van der Waals surface area contributed by atoms with Gasteiger partial charge in [0, 0.05) is 0 Å². The van der Waals surface area contributed by atoms with Gasteiger partial charge in [-0.3, -0.25) is 0 Å². The first-order valence-electron chi connectivity index (χ1n) is 7.74. The summed E-state index contributed by atoms with van der Waals surface area (Å²) < 4.78 is 29.2. The van der Waals surface area contributed by atoms with Gasteiger partial charge in [-0.15, -0.1) is 0 Å². The Morgan fingerprint density at radius 2 is 1.58 bits per heavy atom. The van der Waals surface area contributed by atoms with Gasteiger partial charge in [-0.2, -0.15) is 0 Å². The molecule has 3 nitrogen and oxygen atoms in total. The first-order valence-corrected chi connectivity index (χ1v) is 19.6. The molecular formula is C18H20ClNO2SSn. The summed E-state index contributed by atoms with van der Waals surface area (Å²) in [5.41, 5.74) is 1.73. The van der Waals surface area contributed by atoms with E-state index in [1.165, 1.54) is 0 Å². The van der Waals surface area contributed by atoms with Crippen molar-refractivity contribution in [3.63, 3.8) is 0 Å². The van der Waals surface area contributed by atoms with Crippen LogP contribution in [0.2, 0.25) is 19.8 Å². The fourth-order valence-electron chi connectivity index (χ4n) is 2.76. The standard InChI is InChI=1S/C15H11ClNO2S.3CH3.Sn/c1-11-2-5-14(6-3-11)20(18,19)17-9-8-12-10-13(16)4-7-15(12)17;;;;/h2-8,10H,1H3;3*1H3;. The fourth-order valence-corrected chi connectivity index (χ4v) is 11.0. The van der Waals surface area contributed by atoms with E-state index < -0.39 is 28.4 Å². The van der Waals surface area contributed by atoms with Crippen molar-refractivity contribution in [3.05, 3.63) is 59.1 Å². The molecule has 0 radical (unpaired) electrons. The number of aryl methyl sites for hydroxylation is 1. The van der Waals surface area contributed by atoms with E-state index in [0.717, 1.165) is 14.7 Å². The van der Waals surface area contributed by atoms with Crippen LogP contribution < -0.4 is 3.71 Å². The van der Waals surface area contributed by atoms with Crippen LogP contribution in [0.1, 0.15) is 5.56 Å². The summed E-state index contributed by atoms with van der Waals surface area (Å²) in [5.74, 6) is 0. The van der Waals surface area contributed by atoms with Gasteiger partial charge < -0.3 is 0 Å². The molecule has 24 heavy (non-hydrogen) atoms. The third kappa shape index (κ3) is 3.11. The number of rotatable bonds is 3. The Morgan fingerprint density at radius 3 is 2.17 bits per heavy atom. The van der Waals surface area contributed by atoms with Gasteiger partial charge in [0.25, 0.3) is 0 Å². The number of benzene rings is 2. The van der Waals surface area contributed by atoms with Crippen molar-refractivity contribution < 1.29 is 8.42 Å². The molecular weight excluding hydrogens is 448 g/mol. The summed E-state index contributed by atoms with van der Waals surface area (Å²) >= 11 is 3.41. The van der Waals surface area contributed by atoms with E-state index in [4.69, 9.17) is 11.6 Å². The number of halogens is 1. The molecule has 0 unspecified atom stereocenters. The SMILES string of the molecule is Cc1ccc(S(=O)(=O)n2[c]([Sn]([CH3])([CH3])[CH3])cc3cc(Cl)ccc32)cc1. The van der Waals surface area contributed by atoms with Crippen molar-refractivity contribution in [1.82, 2.24) is 3.97 Å². The number of aromatic nitrogens is 1. The van der Waals surface area contributed by atoms with Crippen molar-refractivity contribution in [2.24, 2.45) is 0 Å². The number of nitrogens with zero attached hydrogens (tertiary/aromatic N) is 1. The third-order valence-electron chi connectivity index (χ3n) is 4.05. The van der Waals surface area contributed by atoms with Crippen LogP contribution in [-0.4, -0.2) is 30.8 Å². The van der Waals surface area contributed by atoms with Gasteiger partial charge in [-0.1, -0.05) is 0 Å². The Kier molecular flexibility index (Phi) is 4.51. The van der Waals surface area contributed by atoms with E-state index in [9.17, 15) is 8.42 Å². The van der Waals surface area contributed by atoms with Crippen LogP contribution in [0.3, 0.4) is 0 Å². The minimum atomic E-state index is -3.64. The fraction of sp³-hybridized carbons (Fsp3) is 0.222. The van der Waals surface area contributed by atoms with Crippen molar-refractivity contribution in [2.75, 3.05) is 0 Å². The molecule has 3 rings (SSSR count). The van der Waals surface area contributed by atoms with E-state index in [0.29, 0.717) is 15.4 Å². The van der Waals surface area contributed by atoms with Gasteiger partial charge in [-0.05, 0) is 0 Å². The predicted octanol–water partition coefficient (Wildman–Crippen LogP) is 4.39. The van der Waals surface area contributed by atoms with Crippen LogP contribution in [0.15, 0.2) is 53.4 Å². The maximum absolute atomic E-state index is 13.3. The van der Waals surface area contributed by atoms with Gasteiger partial charge in [0.15, 0.2) is 0 Å². The summed E-state index contributed by atoms with van der Waals surface area (Å²) in [6.07, 6.45) is 0. The first-order chi connectivity index (χ1) is 11.1. The van der Waals surface area contributed by atoms with Crippen LogP contribution in [0, 0.1) is 6.92 Å². The summed E-state index contributed by atoms with van der Waals surface area (Å²) in [6.45, 7) is 1.94. The second kappa shape index (κ2) is 6.07. The molecule has 0 amide bonds. The van der Waals surface area contributed by atoms with E-state index >= 15 is 0 Å². The number of hydrogen-bond donors (Lipinski definition) is 0. The molecule has 0 spiro atoms. The first kappa shape index (κ1) is 17.8. The Labute approximate surface area is 152 Å². The van der Waals surface area contributed by atoms with Crippen molar-refractivity contribution in [2.45, 2.75) is 26.6 Å². The molecule has 3 aromatic rings. The van der Waals surface area contributed by atoms with Crippen molar-refractivity contribution >= 4 is 54.6 Å². The molecule has 0 atom stereocenters. The topological polar surface area (TPSA) is 39.1 Å². The van der Waals surface area contributed by atoms with Crippen LogP contribution in [-0.2, 0) is 10.0 Å². The molecule has 0 fully saturated rings. The molecule has 0 saturated heterocycles. The second-order valence-corrected chi connectivity index (χ2v) is 23.6. The zero-order chi connectivity index (χ0) is 17.7. The van der Waals surface area contributed by atoms with Gasteiger partial charge >= 0.3 is 153 Å². The van der Waals surface area contributed by atoms with Crippen LogP contribution in [0.5, 0.6) is 0 Å². The Balaban J connectivity index is 2.37. The van der Waals surface area contributed by atoms with Gasteiger partial charge in [0.05, 0.1) is 0 Å². The zero-order valence-electron chi connectivity index (χ0n) is 14.2. The van der Waals surface area contributed by atoms with E-state index in [2.05, 4.69) is 14.8 Å².